The van der Waals surface area contributed by atoms with Gasteiger partial charge in [0.15, 0.2) is 0 Å². The number of nitrogens with two attached hydrogens (primary N) is 1. The summed E-state index contributed by atoms with van der Waals surface area (Å²) in [6.45, 7) is 0.317. The van der Waals surface area contributed by atoms with Crippen LogP contribution in [0.4, 0.5) is 5.69 Å². The van der Waals surface area contributed by atoms with E-state index in [0.29, 0.717) is 18.2 Å². The van der Waals surface area contributed by atoms with Crippen LogP contribution in [-0.4, -0.2) is 31.2 Å². The topological polar surface area (TPSA) is 105 Å². The summed E-state index contributed by atoms with van der Waals surface area (Å²) in [7, 11) is -3.80. The fraction of sp³-hybridized carbons (Fsp3) is 0.545. The third-order valence-corrected chi connectivity index (χ3v) is 4.23. The minimum atomic E-state index is -3.80. The van der Waals surface area contributed by atoms with Gasteiger partial charge in [0.05, 0.1) is 11.8 Å². The van der Waals surface area contributed by atoms with Crippen LogP contribution in [0.15, 0.2) is 23.4 Å². The molecule has 1 aliphatic carbocycles. The minimum absolute atomic E-state index is 0.0502. The second kappa shape index (κ2) is 5.21. The summed E-state index contributed by atoms with van der Waals surface area (Å²) >= 11 is 0. The second-order valence-corrected chi connectivity index (χ2v) is 6.09. The third-order valence-electron chi connectivity index (χ3n) is 3.29. The molecular weight excluding hydrogens is 254 g/mol. The van der Waals surface area contributed by atoms with Gasteiger partial charge >= 0.3 is 0 Å². The first kappa shape index (κ1) is 13.3. The van der Waals surface area contributed by atoms with Crippen LogP contribution in [0.3, 0.4) is 0 Å². The van der Waals surface area contributed by atoms with Gasteiger partial charge in [-0.15, -0.1) is 0 Å². The molecule has 1 aliphatic rings. The minimum Gasteiger partial charge on any atom is -0.391 e. The van der Waals surface area contributed by atoms with Crippen LogP contribution in [-0.2, 0) is 10.0 Å². The fourth-order valence-electron chi connectivity index (χ4n) is 1.96. The summed E-state index contributed by atoms with van der Waals surface area (Å²) in [6.07, 6.45) is 5.43. The van der Waals surface area contributed by atoms with Gasteiger partial charge in [-0.2, -0.15) is 0 Å². The molecule has 100 valence electrons. The molecule has 4 N–H and O–H groups in total. The van der Waals surface area contributed by atoms with Crippen LogP contribution >= 0.6 is 0 Å². The molecule has 1 atom stereocenters. The first-order chi connectivity index (χ1) is 8.48. The highest BCUT2D eigenvalue weighted by Crippen LogP contribution is 2.29. The Hall–Kier alpha value is -1.18. The zero-order chi connectivity index (χ0) is 13.2. The lowest BCUT2D eigenvalue weighted by molar-refractivity contribution is 0.0729. The van der Waals surface area contributed by atoms with E-state index >= 15 is 0 Å². The molecule has 1 aromatic heterocycles. The number of rotatable bonds is 5. The summed E-state index contributed by atoms with van der Waals surface area (Å²) in [5.41, 5.74) is 0.380. The van der Waals surface area contributed by atoms with E-state index in [1.54, 1.807) is 0 Å². The Balaban J connectivity index is 2.05. The van der Waals surface area contributed by atoms with Crippen LogP contribution in [0.25, 0.3) is 0 Å². The van der Waals surface area contributed by atoms with E-state index < -0.39 is 16.1 Å². The Labute approximate surface area is 106 Å². The quantitative estimate of drug-likeness (QED) is 0.714. The first-order valence-corrected chi connectivity index (χ1v) is 7.42. The van der Waals surface area contributed by atoms with Crippen molar-refractivity contribution in [3.63, 3.8) is 0 Å². The summed E-state index contributed by atoms with van der Waals surface area (Å²) in [5, 5.41) is 17.9. The predicted molar refractivity (Wildman–Crippen MR) is 67.4 cm³/mol. The molecular formula is C11H17N3O3S. The van der Waals surface area contributed by atoms with Crippen LogP contribution in [0.2, 0.25) is 0 Å². The van der Waals surface area contributed by atoms with Crippen molar-refractivity contribution in [2.24, 2.45) is 11.1 Å². The van der Waals surface area contributed by atoms with E-state index in [1.165, 1.54) is 18.5 Å². The fourth-order valence-corrected chi connectivity index (χ4v) is 2.61. The predicted octanol–water partition coefficient (Wildman–Crippen LogP) is 0.302. The number of aliphatic hydroxyl groups is 1. The lowest BCUT2D eigenvalue weighted by Crippen LogP contribution is -2.33. The average Bonchev–Trinajstić information content (AvgIpc) is 2.23. The summed E-state index contributed by atoms with van der Waals surface area (Å²) in [5.74, 6) is 0.317. The third kappa shape index (κ3) is 2.98. The van der Waals surface area contributed by atoms with Gasteiger partial charge < -0.3 is 10.4 Å². The van der Waals surface area contributed by atoms with Gasteiger partial charge in [0, 0.05) is 18.9 Å². The Morgan fingerprint density at radius 3 is 2.83 bits per heavy atom. The SMILES string of the molecule is NS(=O)(=O)c1cnccc1NCC(O)C1CCC1. The van der Waals surface area contributed by atoms with Gasteiger partial charge in [-0.1, -0.05) is 6.42 Å². The lowest BCUT2D eigenvalue weighted by Gasteiger charge is -2.30. The van der Waals surface area contributed by atoms with Crippen LogP contribution in [0.5, 0.6) is 0 Å². The lowest BCUT2D eigenvalue weighted by atomic mass is 9.81. The number of nitrogens with zero attached hydrogens (tertiary/aromatic N) is 1. The van der Waals surface area contributed by atoms with Gasteiger partial charge in [0.1, 0.15) is 4.90 Å². The number of primary sulfonamides is 1. The Morgan fingerprint density at radius 1 is 1.56 bits per heavy atom. The number of anilines is 1. The molecule has 1 fully saturated rings. The molecule has 1 saturated carbocycles. The van der Waals surface area contributed by atoms with Crippen molar-refractivity contribution in [2.45, 2.75) is 30.3 Å². The van der Waals surface area contributed by atoms with Crippen molar-refractivity contribution in [3.05, 3.63) is 18.5 Å². The van der Waals surface area contributed by atoms with Crippen molar-refractivity contribution < 1.29 is 13.5 Å². The average molecular weight is 271 g/mol. The maximum absolute atomic E-state index is 11.3. The molecule has 1 unspecified atom stereocenters. The number of aromatic nitrogens is 1. The normalized spacial score (nSPS) is 18.1. The van der Waals surface area contributed by atoms with E-state index in [1.807, 2.05) is 0 Å². The maximum atomic E-state index is 11.3. The molecule has 0 radical (unpaired) electrons. The number of nitrogens with one attached hydrogen (secondary N) is 1. The van der Waals surface area contributed by atoms with E-state index in [-0.39, 0.29) is 4.90 Å². The van der Waals surface area contributed by atoms with E-state index in [2.05, 4.69) is 10.3 Å². The maximum Gasteiger partial charge on any atom is 0.241 e. The van der Waals surface area contributed by atoms with Crippen LogP contribution < -0.4 is 10.5 Å². The highest BCUT2D eigenvalue weighted by atomic mass is 32.2. The molecule has 7 heteroatoms. The number of aliphatic hydroxyl groups excluding tert-OH is 1. The molecule has 6 nitrogen and oxygen atoms in total. The molecule has 18 heavy (non-hydrogen) atoms. The van der Waals surface area contributed by atoms with Gasteiger partial charge in [0.2, 0.25) is 10.0 Å². The first-order valence-electron chi connectivity index (χ1n) is 5.87. The van der Waals surface area contributed by atoms with Crippen molar-refractivity contribution >= 4 is 15.7 Å². The van der Waals surface area contributed by atoms with E-state index in [0.717, 1.165) is 19.3 Å². The monoisotopic (exact) mass is 271 g/mol. The Bertz CT molecular complexity index is 514. The van der Waals surface area contributed by atoms with Crippen LogP contribution in [0.1, 0.15) is 19.3 Å². The zero-order valence-electron chi connectivity index (χ0n) is 9.91. The molecule has 0 aromatic carbocycles. The van der Waals surface area contributed by atoms with E-state index in [9.17, 15) is 13.5 Å². The van der Waals surface area contributed by atoms with Crippen molar-refractivity contribution in [1.29, 1.82) is 0 Å². The smallest absolute Gasteiger partial charge is 0.241 e. The highest BCUT2D eigenvalue weighted by Gasteiger charge is 2.25. The number of sulfonamides is 1. The summed E-state index contributed by atoms with van der Waals surface area (Å²) < 4.78 is 22.7. The van der Waals surface area contributed by atoms with Gasteiger partial charge in [-0.05, 0) is 24.8 Å². The number of hydrogen-bond donors (Lipinski definition) is 3. The molecule has 1 heterocycles. The summed E-state index contributed by atoms with van der Waals surface area (Å²) in [6, 6.07) is 1.53. The molecule has 2 rings (SSSR count). The van der Waals surface area contributed by atoms with Gasteiger partial charge in [-0.25, -0.2) is 13.6 Å². The van der Waals surface area contributed by atoms with Crippen LogP contribution in [0, 0.1) is 5.92 Å². The van der Waals surface area contributed by atoms with Gasteiger partial charge in [0.25, 0.3) is 0 Å². The molecule has 0 aliphatic heterocycles. The standard InChI is InChI=1S/C11H17N3O3S/c12-18(16,17)11-7-13-5-4-9(11)14-6-10(15)8-2-1-3-8/h4-5,7-8,10,15H,1-3,6H2,(H,13,14)(H2,12,16,17). The number of pyridine rings is 1. The van der Waals surface area contributed by atoms with Gasteiger partial charge in [-0.3, -0.25) is 4.98 Å². The highest BCUT2D eigenvalue weighted by molar-refractivity contribution is 7.89. The molecule has 0 amide bonds. The molecule has 0 saturated heterocycles. The largest absolute Gasteiger partial charge is 0.391 e. The Morgan fingerprint density at radius 2 is 2.28 bits per heavy atom. The number of hydrogen-bond acceptors (Lipinski definition) is 5. The molecule has 0 spiro atoms. The van der Waals surface area contributed by atoms with E-state index in [4.69, 9.17) is 5.14 Å². The van der Waals surface area contributed by atoms with Crippen molar-refractivity contribution in [3.8, 4) is 0 Å². The summed E-state index contributed by atoms with van der Waals surface area (Å²) in [4.78, 5) is 3.69. The molecule has 0 bridgehead atoms. The van der Waals surface area contributed by atoms with Crippen molar-refractivity contribution in [1.82, 2.24) is 4.98 Å². The Kier molecular flexibility index (Phi) is 3.84. The van der Waals surface area contributed by atoms with Crippen molar-refractivity contribution in [2.75, 3.05) is 11.9 Å². The molecule has 1 aromatic rings. The zero-order valence-corrected chi connectivity index (χ0v) is 10.7. The second-order valence-electron chi connectivity index (χ2n) is 4.56.